The number of hydrogen-bond donors (Lipinski definition) is 0. The van der Waals surface area contributed by atoms with Crippen LogP contribution in [0.2, 0.25) is 5.02 Å². The summed E-state index contributed by atoms with van der Waals surface area (Å²) in [6.45, 7) is 2.47. The zero-order valence-corrected chi connectivity index (χ0v) is 11.5. The molecule has 17 heavy (non-hydrogen) atoms. The molecule has 2 unspecified atom stereocenters. The van der Waals surface area contributed by atoms with Crippen molar-refractivity contribution in [3.05, 3.63) is 33.0 Å². The Morgan fingerprint density at radius 2 is 2.29 bits per heavy atom. The first-order valence-corrected chi connectivity index (χ1v) is 6.48. The lowest BCUT2D eigenvalue weighted by atomic mass is 9.96. The van der Waals surface area contributed by atoms with Crippen molar-refractivity contribution in [2.45, 2.75) is 19.4 Å². The van der Waals surface area contributed by atoms with Gasteiger partial charge >= 0.3 is 0 Å². The molecule has 0 bridgehead atoms. The maximum absolute atomic E-state index is 13.7. The van der Waals surface area contributed by atoms with Crippen LogP contribution in [0.25, 0.3) is 0 Å². The first-order chi connectivity index (χ1) is 8.00. The van der Waals surface area contributed by atoms with E-state index in [0.29, 0.717) is 16.1 Å². The van der Waals surface area contributed by atoms with E-state index in [1.54, 1.807) is 0 Å². The Kier molecular flexibility index (Phi) is 3.85. The van der Waals surface area contributed by atoms with Gasteiger partial charge in [0.25, 0.3) is 0 Å². The molecule has 1 aliphatic heterocycles. The third-order valence-electron chi connectivity index (χ3n) is 2.92. The molecule has 1 aromatic rings. The van der Waals surface area contributed by atoms with Crippen molar-refractivity contribution >= 4 is 33.3 Å². The zero-order chi connectivity index (χ0) is 12.6. The third-order valence-corrected chi connectivity index (χ3v) is 4.12. The fourth-order valence-electron chi connectivity index (χ4n) is 1.90. The van der Waals surface area contributed by atoms with Crippen LogP contribution in [0.1, 0.15) is 23.7 Å². The maximum Gasteiger partial charge on any atom is 0.194 e. The van der Waals surface area contributed by atoms with Crippen LogP contribution in [0.5, 0.6) is 0 Å². The molecule has 2 atom stereocenters. The normalized spacial score (nSPS) is 24.0. The Bertz CT molecular complexity index is 464. The molecule has 0 N–H and O–H groups in total. The number of ether oxygens (including phenoxy) is 1. The lowest BCUT2D eigenvalue weighted by Crippen LogP contribution is -2.26. The van der Waals surface area contributed by atoms with Crippen LogP contribution >= 0.6 is 27.5 Å². The van der Waals surface area contributed by atoms with E-state index >= 15 is 0 Å². The fourth-order valence-corrected chi connectivity index (χ4v) is 2.37. The molecule has 0 spiro atoms. The van der Waals surface area contributed by atoms with Crippen LogP contribution in [0.4, 0.5) is 4.39 Å². The van der Waals surface area contributed by atoms with E-state index in [4.69, 9.17) is 16.3 Å². The SMILES string of the molecule is CC1CCOC1C(=O)c1cc(Cl)c(Br)cc1F. The predicted molar refractivity (Wildman–Crippen MR) is 67.0 cm³/mol. The van der Waals surface area contributed by atoms with Gasteiger partial charge in [0.15, 0.2) is 5.78 Å². The molecule has 0 aromatic heterocycles. The molecular weight excluding hydrogens is 310 g/mol. The number of carbonyl (C=O) groups excluding carboxylic acids is 1. The van der Waals surface area contributed by atoms with Crippen molar-refractivity contribution in [1.29, 1.82) is 0 Å². The zero-order valence-electron chi connectivity index (χ0n) is 9.17. The molecule has 0 aliphatic carbocycles. The minimum absolute atomic E-state index is 0.00282. The molecule has 92 valence electrons. The topological polar surface area (TPSA) is 26.3 Å². The first kappa shape index (κ1) is 13.0. The molecule has 0 radical (unpaired) electrons. The third kappa shape index (κ3) is 2.54. The summed E-state index contributed by atoms with van der Waals surface area (Å²) in [6, 6.07) is 2.55. The molecule has 2 nitrogen and oxygen atoms in total. The summed E-state index contributed by atoms with van der Waals surface area (Å²) in [6.07, 6.45) is 0.268. The van der Waals surface area contributed by atoms with Crippen molar-refractivity contribution in [3.8, 4) is 0 Å². The van der Waals surface area contributed by atoms with Crippen LogP contribution in [0.15, 0.2) is 16.6 Å². The van der Waals surface area contributed by atoms with E-state index in [0.717, 1.165) is 6.42 Å². The molecule has 1 aromatic carbocycles. The van der Waals surface area contributed by atoms with E-state index < -0.39 is 11.9 Å². The van der Waals surface area contributed by atoms with Gasteiger partial charge < -0.3 is 4.74 Å². The fraction of sp³-hybridized carbons (Fsp3) is 0.417. The summed E-state index contributed by atoms with van der Waals surface area (Å²) < 4.78 is 19.5. The monoisotopic (exact) mass is 320 g/mol. The quantitative estimate of drug-likeness (QED) is 0.611. The second-order valence-corrected chi connectivity index (χ2v) is 5.43. The van der Waals surface area contributed by atoms with Crippen molar-refractivity contribution in [1.82, 2.24) is 0 Å². The van der Waals surface area contributed by atoms with E-state index in [2.05, 4.69) is 15.9 Å². The Hall–Kier alpha value is -0.450. The molecular formula is C12H11BrClFO2. The maximum atomic E-state index is 13.7. The molecule has 2 rings (SSSR count). The second-order valence-electron chi connectivity index (χ2n) is 4.17. The van der Waals surface area contributed by atoms with Crippen LogP contribution in [0, 0.1) is 11.7 Å². The number of halogens is 3. The summed E-state index contributed by atoms with van der Waals surface area (Å²) in [4.78, 5) is 12.1. The van der Waals surface area contributed by atoms with Gasteiger partial charge in [-0.15, -0.1) is 0 Å². The van der Waals surface area contributed by atoms with Gasteiger partial charge in [-0.05, 0) is 40.4 Å². The summed E-state index contributed by atoms with van der Waals surface area (Å²) in [7, 11) is 0. The first-order valence-electron chi connectivity index (χ1n) is 5.31. The van der Waals surface area contributed by atoms with Crippen molar-refractivity contribution in [2.75, 3.05) is 6.61 Å². The van der Waals surface area contributed by atoms with Gasteiger partial charge in [-0.2, -0.15) is 0 Å². The summed E-state index contributed by atoms with van der Waals surface area (Å²) in [5.74, 6) is -0.791. The summed E-state index contributed by atoms with van der Waals surface area (Å²) in [5.41, 5.74) is -0.00282. The van der Waals surface area contributed by atoms with Gasteiger partial charge in [0, 0.05) is 11.1 Å². The van der Waals surface area contributed by atoms with E-state index in [1.165, 1.54) is 12.1 Å². The summed E-state index contributed by atoms with van der Waals surface area (Å²) in [5, 5.41) is 0.320. The highest BCUT2D eigenvalue weighted by atomic mass is 79.9. The Balaban J connectivity index is 2.34. The Labute approximate surface area is 112 Å². The molecule has 1 fully saturated rings. The summed E-state index contributed by atoms with van der Waals surface area (Å²) >= 11 is 8.98. The highest BCUT2D eigenvalue weighted by molar-refractivity contribution is 9.10. The number of hydrogen-bond acceptors (Lipinski definition) is 2. The standard InChI is InChI=1S/C12H11BrClFO2/c1-6-2-3-17-12(6)11(16)7-4-9(14)8(13)5-10(7)15/h4-6,12H,2-3H2,1H3. The molecule has 1 heterocycles. The van der Waals surface area contributed by atoms with Crippen molar-refractivity contribution < 1.29 is 13.9 Å². The van der Waals surface area contributed by atoms with Gasteiger partial charge in [-0.3, -0.25) is 4.79 Å². The Morgan fingerprint density at radius 3 is 2.88 bits per heavy atom. The molecule has 1 aliphatic rings. The highest BCUT2D eigenvalue weighted by Crippen LogP contribution is 2.29. The minimum Gasteiger partial charge on any atom is -0.370 e. The minimum atomic E-state index is -0.575. The molecule has 1 saturated heterocycles. The van der Waals surface area contributed by atoms with Gasteiger partial charge in [-0.25, -0.2) is 4.39 Å². The number of Topliss-reactive ketones (excluding diaryl/α,β-unsaturated/α-hetero) is 1. The number of ketones is 1. The molecule has 0 amide bonds. The van der Waals surface area contributed by atoms with Gasteiger partial charge in [0.05, 0.1) is 10.6 Å². The van der Waals surface area contributed by atoms with Gasteiger partial charge in [-0.1, -0.05) is 18.5 Å². The van der Waals surface area contributed by atoms with Gasteiger partial charge in [0.2, 0.25) is 0 Å². The van der Waals surface area contributed by atoms with Crippen LogP contribution in [-0.2, 0) is 4.74 Å². The van der Waals surface area contributed by atoms with Crippen LogP contribution in [0.3, 0.4) is 0 Å². The lowest BCUT2D eigenvalue weighted by Gasteiger charge is -2.14. The highest BCUT2D eigenvalue weighted by Gasteiger charge is 2.33. The molecule has 0 saturated carbocycles. The predicted octanol–water partition coefficient (Wildman–Crippen LogP) is 3.85. The average Bonchev–Trinajstić information content (AvgIpc) is 2.69. The average molecular weight is 322 g/mol. The van der Waals surface area contributed by atoms with E-state index in [9.17, 15) is 9.18 Å². The number of carbonyl (C=O) groups is 1. The van der Waals surface area contributed by atoms with Crippen molar-refractivity contribution in [2.24, 2.45) is 5.92 Å². The van der Waals surface area contributed by atoms with Crippen LogP contribution in [-0.4, -0.2) is 18.5 Å². The lowest BCUT2D eigenvalue weighted by molar-refractivity contribution is 0.0575. The molecule has 5 heteroatoms. The number of benzene rings is 1. The van der Waals surface area contributed by atoms with Gasteiger partial charge in [0.1, 0.15) is 11.9 Å². The van der Waals surface area contributed by atoms with Crippen molar-refractivity contribution in [3.63, 3.8) is 0 Å². The van der Waals surface area contributed by atoms with E-state index in [1.807, 2.05) is 6.92 Å². The van der Waals surface area contributed by atoms with E-state index in [-0.39, 0.29) is 17.3 Å². The number of rotatable bonds is 2. The second kappa shape index (κ2) is 5.04. The Morgan fingerprint density at radius 1 is 1.59 bits per heavy atom. The van der Waals surface area contributed by atoms with Crippen LogP contribution < -0.4 is 0 Å². The smallest absolute Gasteiger partial charge is 0.194 e. The largest absolute Gasteiger partial charge is 0.370 e.